The first-order valence-electron chi connectivity index (χ1n) is 5.23. The molecular formula is C12H15FO3S. The molecule has 0 aromatic heterocycles. The zero-order valence-electron chi connectivity index (χ0n) is 9.61. The van der Waals surface area contributed by atoms with Gasteiger partial charge in [-0.1, -0.05) is 0 Å². The van der Waals surface area contributed by atoms with Gasteiger partial charge in [0.05, 0.1) is 11.3 Å². The van der Waals surface area contributed by atoms with Gasteiger partial charge in [0.25, 0.3) is 0 Å². The summed E-state index contributed by atoms with van der Waals surface area (Å²) in [7, 11) is 1.63. The molecular weight excluding hydrogens is 243 g/mol. The molecule has 5 heteroatoms. The van der Waals surface area contributed by atoms with Gasteiger partial charge in [-0.2, -0.15) is 11.8 Å². The lowest BCUT2D eigenvalue weighted by atomic mass is 10.1. The molecule has 0 fully saturated rings. The molecule has 0 aliphatic heterocycles. The number of hydrogen-bond donors (Lipinski definition) is 1. The van der Waals surface area contributed by atoms with Crippen molar-refractivity contribution < 1.29 is 19.0 Å². The Morgan fingerprint density at radius 1 is 1.53 bits per heavy atom. The highest BCUT2D eigenvalue weighted by Crippen LogP contribution is 2.20. The van der Waals surface area contributed by atoms with Gasteiger partial charge in [0.15, 0.2) is 5.78 Å². The number of ether oxygens (including phenoxy) is 1. The molecule has 0 aliphatic rings. The van der Waals surface area contributed by atoms with E-state index < -0.39 is 5.82 Å². The number of hydrogen-bond acceptors (Lipinski definition) is 4. The predicted molar refractivity (Wildman–Crippen MR) is 66.2 cm³/mol. The third-order valence-electron chi connectivity index (χ3n) is 2.13. The summed E-state index contributed by atoms with van der Waals surface area (Å²) in [6.07, 6.45) is 0.865. The molecule has 0 heterocycles. The molecule has 94 valence electrons. The van der Waals surface area contributed by atoms with Crippen LogP contribution in [0, 0.1) is 5.82 Å². The van der Waals surface area contributed by atoms with E-state index in [1.54, 1.807) is 7.11 Å². The summed E-state index contributed by atoms with van der Waals surface area (Å²) < 4.78 is 17.8. The Morgan fingerprint density at radius 3 is 3.00 bits per heavy atom. The molecule has 0 amide bonds. The summed E-state index contributed by atoms with van der Waals surface area (Å²) in [5.41, 5.74) is 0.0456. The van der Waals surface area contributed by atoms with Gasteiger partial charge >= 0.3 is 0 Å². The van der Waals surface area contributed by atoms with Gasteiger partial charge in [-0.15, -0.1) is 0 Å². The van der Waals surface area contributed by atoms with E-state index in [9.17, 15) is 14.3 Å². The van der Waals surface area contributed by atoms with Gasteiger partial charge in [0.2, 0.25) is 0 Å². The van der Waals surface area contributed by atoms with E-state index >= 15 is 0 Å². The summed E-state index contributed by atoms with van der Waals surface area (Å²) in [6, 6.07) is 3.38. The van der Waals surface area contributed by atoms with Crippen molar-refractivity contribution in [3.05, 3.63) is 29.6 Å². The van der Waals surface area contributed by atoms with Crippen LogP contribution in [0.2, 0.25) is 0 Å². The first-order valence-corrected chi connectivity index (χ1v) is 6.39. The van der Waals surface area contributed by atoms with E-state index in [0.717, 1.165) is 24.3 Å². The minimum absolute atomic E-state index is 0.0456. The van der Waals surface area contributed by atoms with Crippen LogP contribution >= 0.6 is 11.8 Å². The molecule has 1 rings (SSSR count). The molecule has 0 aliphatic carbocycles. The first-order chi connectivity index (χ1) is 8.15. The van der Waals surface area contributed by atoms with Crippen LogP contribution in [0.15, 0.2) is 18.2 Å². The largest absolute Gasteiger partial charge is 0.507 e. The number of rotatable bonds is 7. The lowest BCUT2D eigenvalue weighted by Gasteiger charge is -2.04. The Kier molecular flexibility index (Phi) is 6.00. The SMILES string of the molecule is COCCCSCC(=O)c1cc(F)ccc1O. The number of halogens is 1. The number of ketones is 1. The highest BCUT2D eigenvalue weighted by atomic mass is 32.2. The minimum atomic E-state index is -0.518. The van der Waals surface area contributed by atoms with Crippen LogP contribution in [0.5, 0.6) is 5.75 Å². The fourth-order valence-electron chi connectivity index (χ4n) is 1.28. The molecule has 0 bridgehead atoms. The molecule has 0 atom stereocenters. The van der Waals surface area contributed by atoms with Crippen LogP contribution < -0.4 is 0 Å². The number of phenols is 1. The van der Waals surface area contributed by atoms with E-state index in [4.69, 9.17) is 4.74 Å². The summed E-state index contributed by atoms with van der Waals surface area (Å²) >= 11 is 1.45. The van der Waals surface area contributed by atoms with Crippen molar-refractivity contribution in [3.63, 3.8) is 0 Å². The lowest BCUT2D eigenvalue weighted by Crippen LogP contribution is -2.04. The van der Waals surface area contributed by atoms with Crippen LogP contribution in [-0.2, 0) is 4.74 Å². The normalized spacial score (nSPS) is 10.5. The van der Waals surface area contributed by atoms with Gasteiger partial charge in [-0.25, -0.2) is 4.39 Å². The van der Waals surface area contributed by atoms with E-state index in [1.165, 1.54) is 17.8 Å². The van der Waals surface area contributed by atoms with Crippen molar-refractivity contribution >= 4 is 17.5 Å². The Labute approximate surface area is 104 Å². The number of phenolic OH excluding ortho intramolecular Hbond substituents is 1. The van der Waals surface area contributed by atoms with E-state index in [1.807, 2.05) is 0 Å². The lowest BCUT2D eigenvalue weighted by molar-refractivity contribution is 0.101. The molecule has 0 spiro atoms. The van der Waals surface area contributed by atoms with Crippen LogP contribution in [0.3, 0.4) is 0 Å². The summed E-state index contributed by atoms with van der Waals surface area (Å²) in [5.74, 6) is 0.0879. The molecule has 1 aromatic rings. The van der Waals surface area contributed by atoms with Gasteiger partial charge < -0.3 is 9.84 Å². The number of carbonyl (C=O) groups is 1. The number of aromatic hydroxyl groups is 1. The number of thioether (sulfide) groups is 1. The van der Waals surface area contributed by atoms with Crippen molar-refractivity contribution in [2.45, 2.75) is 6.42 Å². The monoisotopic (exact) mass is 258 g/mol. The molecule has 1 N–H and O–H groups in total. The fraction of sp³-hybridized carbons (Fsp3) is 0.417. The molecule has 3 nitrogen and oxygen atoms in total. The fourth-order valence-corrected chi connectivity index (χ4v) is 2.09. The van der Waals surface area contributed by atoms with Crippen molar-refractivity contribution in [1.29, 1.82) is 0 Å². The number of carbonyl (C=O) groups excluding carboxylic acids is 1. The van der Waals surface area contributed by atoms with Gasteiger partial charge in [-0.3, -0.25) is 4.79 Å². The van der Waals surface area contributed by atoms with Gasteiger partial charge in [0.1, 0.15) is 11.6 Å². The maximum atomic E-state index is 12.9. The van der Waals surface area contributed by atoms with Crippen molar-refractivity contribution in [2.75, 3.05) is 25.2 Å². The Balaban J connectivity index is 2.44. The summed E-state index contributed by atoms with van der Waals surface area (Å²) in [5, 5.41) is 9.43. The standard InChI is InChI=1S/C12H15FO3S/c1-16-5-2-6-17-8-12(15)10-7-9(13)3-4-11(10)14/h3-4,7,14H,2,5-6,8H2,1H3. The quantitative estimate of drug-likeness (QED) is 0.603. The molecule has 0 saturated carbocycles. The highest BCUT2D eigenvalue weighted by molar-refractivity contribution is 7.99. The second-order valence-electron chi connectivity index (χ2n) is 3.48. The third kappa shape index (κ3) is 4.75. The zero-order chi connectivity index (χ0) is 12.7. The predicted octanol–water partition coefficient (Wildman–Crippen LogP) is 2.48. The van der Waals surface area contributed by atoms with Crippen LogP contribution in [0.25, 0.3) is 0 Å². The Morgan fingerprint density at radius 2 is 2.29 bits per heavy atom. The number of Topliss-reactive ketones (excluding diaryl/α,β-unsaturated/α-hetero) is 1. The highest BCUT2D eigenvalue weighted by Gasteiger charge is 2.11. The molecule has 17 heavy (non-hydrogen) atoms. The molecule has 0 unspecified atom stereocenters. The second-order valence-corrected chi connectivity index (χ2v) is 4.59. The maximum absolute atomic E-state index is 12.9. The van der Waals surface area contributed by atoms with Crippen molar-refractivity contribution in [2.24, 2.45) is 0 Å². The summed E-state index contributed by atoms with van der Waals surface area (Å²) in [4.78, 5) is 11.7. The Bertz CT molecular complexity index is 382. The molecule has 0 saturated heterocycles. The number of benzene rings is 1. The smallest absolute Gasteiger partial charge is 0.176 e. The average Bonchev–Trinajstić information content (AvgIpc) is 2.32. The van der Waals surface area contributed by atoms with Crippen LogP contribution in [-0.4, -0.2) is 36.1 Å². The van der Waals surface area contributed by atoms with Gasteiger partial charge in [-0.05, 0) is 30.4 Å². The summed E-state index contributed by atoms with van der Waals surface area (Å²) in [6.45, 7) is 0.659. The second kappa shape index (κ2) is 7.29. The molecule has 0 radical (unpaired) electrons. The average molecular weight is 258 g/mol. The zero-order valence-corrected chi connectivity index (χ0v) is 10.4. The van der Waals surface area contributed by atoms with Gasteiger partial charge in [0, 0.05) is 13.7 Å². The Hall–Kier alpha value is -1.07. The minimum Gasteiger partial charge on any atom is -0.507 e. The van der Waals surface area contributed by atoms with Crippen LogP contribution in [0.1, 0.15) is 16.8 Å². The molecule has 1 aromatic carbocycles. The number of methoxy groups -OCH3 is 1. The van der Waals surface area contributed by atoms with Crippen molar-refractivity contribution in [1.82, 2.24) is 0 Å². The van der Waals surface area contributed by atoms with E-state index in [0.29, 0.717) is 6.61 Å². The topological polar surface area (TPSA) is 46.5 Å². The maximum Gasteiger partial charge on any atom is 0.176 e. The third-order valence-corrected chi connectivity index (χ3v) is 3.17. The van der Waals surface area contributed by atoms with Crippen molar-refractivity contribution in [3.8, 4) is 5.75 Å². The first kappa shape index (κ1) is 14.0. The van der Waals surface area contributed by atoms with E-state index in [-0.39, 0.29) is 22.8 Å². The van der Waals surface area contributed by atoms with Crippen LogP contribution in [0.4, 0.5) is 4.39 Å². The van der Waals surface area contributed by atoms with E-state index in [2.05, 4.69) is 0 Å².